The molecule has 0 saturated carbocycles. The van der Waals surface area contributed by atoms with E-state index in [1.807, 2.05) is 18.2 Å². The van der Waals surface area contributed by atoms with Gasteiger partial charge >= 0.3 is 0 Å². The van der Waals surface area contributed by atoms with Gasteiger partial charge in [0.05, 0.1) is 12.7 Å². The van der Waals surface area contributed by atoms with Crippen LogP contribution in [0.4, 0.5) is 0 Å². The van der Waals surface area contributed by atoms with Gasteiger partial charge in [0.15, 0.2) is 0 Å². The van der Waals surface area contributed by atoms with Crippen molar-refractivity contribution in [2.75, 3.05) is 13.2 Å². The maximum atomic E-state index is 9.67. The number of rotatable bonds is 3. The van der Waals surface area contributed by atoms with Crippen LogP contribution in [0.3, 0.4) is 0 Å². The molecule has 2 unspecified atom stereocenters. The Morgan fingerprint density at radius 1 is 1.47 bits per heavy atom. The summed E-state index contributed by atoms with van der Waals surface area (Å²) in [5.74, 6) is 0. The standard InChI is InChI=1S/C10H13NO2S2/c12-8-7-13-6-4-9(8)14-15-10-3-1-2-5-11-10/h1-3,5,8-9,12H,4,6-7H2. The van der Waals surface area contributed by atoms with Crippen molar-refractivity contribution >= 4 is 21.6 Å². The molecule has 1 N–H and O–H groups in total. The Kier molecular flexibility index (Phi) is 4.31. The number of pyridine rings is 1. The minimum absolute atomic E-state index is 0.255. The van der Waals surface area contributed by atoms with Crippen LogP contribution in [0.1, 0.15) is 6.42 Å². The topological polar surface area (TPSA) is 42.4 Å². The fourth-order valence-corrected chi connectivity index (χ4v) is 3.82. The predicted octanol–water partition coefficient (Wildman–Crippen LogP) is 1.97. The molecule has 0 amide bonds. The highest BCUT2D eigenvalue weighted by molar-refractivity contribution is 8.76. The molecule has 1 aromatic heterocycles. The van der Waals surface area contributed by atoms with Crippen LogP contribution in [0.25, 0.3) is 0 Å². The summed E-state index contributed by atoms with van der Waals surface area (Å²) >= 11 is 0. The van der Waals surface area contributed by atoms with Crippen molar-refractivity contribution < 1.29 is 9.84 Å². The summed E-state index contributed by atoms with van der Waals surface area (Å²) in [5, 5.41) is 10.9. The molecule has 15 heavy (non-hydrogen) atoms. The third-order valence-electron chi connectivity index (χ3n) is 2.16. The molecule has 1 aliphatic heterocycles. The number of aromatic nitrogens is 1. The Morgan fingerprint density at radius 3 is 3.13 bits per heavy atom. The largest absolute Gasteiger partial charge is 0.390 e. The Morgan fingerprint density at radius 2 is 2.40 bits per heavy atom. The number of hydrogen-bond acceptors (Lipinski definition) is 5. The minimum atomic E-state index is -0.347. The molecule has 0 bridgehead atoms. The van der Waals surface area contributed by atoms with Gasteiger partial charge in [-0.15, -0.1) is 0 Å². The van der Waals surface area contributed by atoms with Gasteiger partial charge in [-0.05, 0) is 29.3 Å². The van der Waals surface area contributed by atoms with E-state index >= 15 is 0 Å². The molecule has 3 nitrogen and oxygen atoms in total. The summed E-state index contributed by atoms with van der Waals surface area (Å²) in [6.45, 7) is 1.21. The summed E-state index contributed by atoms with van der Waals surface area (Å²) in [6, 6.07) is 5.84. The molecule has 2 atom stereocenters. The second kappa shape index (κ2) is 5.75. The van der Waals surface area contributed by atoms with Crippen LogP contribution in [0.15, 0.2) is 29.4 Å². The van der Waals surface area contributed by atoms with E-state index in [9.17, 15) is 5.11 Å². The van der Waals surface area contributed by atoms with E-state index in [4.69, 9.17) is 4.74 Å². The lowest BCUT2D eigenvalue weighted by atomic mass is 10.2. The number of aliphatic hydroxyl groups excluding tert-OH is 1. The third kappa shape index (κ3) is 3.38. The van der Waals surface area contributed by atoms with Crippen molar-refractivity contribution in [2.24, 2.45) is 0 Å². The monoisotopic (exact) mass is 243 g/mol. The van der Waals surface area contributed by atoms with Crippen molar-refractivity contribution in [3.05, 3.63) is 24.4 Å². The fraction of sp³-hybridized carbons (Fsp3) is 0.500. The zero-order valence-electron chi connectivity index (χ0n) is 8.20. The highest BCUT2D eigenvalue weighted by atomic mass is 33.1. The molecule has 0 aromatic carbocycles. The molecule has 1 fully saturated rings. The fourth-order valence-electron chi connectivity index (χ4n) is 1.32. The van der Waals surface area contributed by atoms with Crippen LogP contribution in [-0.4, -0.2) is 34.7 Å². The van der Waals surface area contributed by atoms with E-state index in [2.05, 4.69) is 4.98 Å². The molecule has 0 spiro atoms. The van der Waals surface area contributed by atoms with Gasteiger partial charge in [-0.25, -0.2) is 4.98 Å². The number of aliphatic hydroxyl groups is 1. The molecule has 1 aromatic rings. The van der Waals surface area contributed by atoms with Crippen LogP contribution in [0.2, 0.25) is 0 Å². The number of hydrogen-bond donors (Lipinski definition) is 1. The van der Waals surface area contributed by atoms with Crippen LogP contribution in [-0.2, 0) is 4.74 Å². The minimum Gasteiger partial charge on any atom is -0.390 e. The summed E-state index contributed by atoms with van der Waals surface area (Å²) in [7, 11) is 3.30. The molecule has 5 heteroatoms. The molecule has 0 aliphatic carbocycles. The Bertz CT molecular complexity index is 297. The first-order valence-electron chi connectivity index (χ1n) is 4.86. The van der Waals surface area contributed by atoms with Crippen molar-refractivity contribution in [1.29, 1.82) is 0 Å². The predicted molar refractivity (Wildman–Crippen MR) is 62.9 cm³/mol. The molecule has 0 radical (unpaired) electrons. The lowest BCUT2D eigenvalue weighted by Crippen LogP contribution is -2.33. The van der Waals surface area contributed by atoms with Crippen LogP contribution in [0.5, 0.6) is 0 Å². The third-order valence-corrected chi connectivity index (χ3v) is 5.01. The van der Waals surface area contributed by atoms with E-state index in [0.717, 1.165) is 18.1 Å². The Hall–Kier alpha value is -0.230. The molecule has 82 valence electrons. The lowest BCUT2D eigenvalue weighted by molar-refractivity contribution is -0.000408. The Labute approximate surface area is 97.0 Å². The van der Waals surface area contributed by atoms with E-state index in [0.29, 0.717) is 6.61 Å². The summed E-state index contributed by atoms with van der Waals surface area (Å²) in [6.07, 6.45) is 2.34. The number of ether oxygens (including phenoxy) is 1. The SMILES string of the molecule is OC1COCCC1SSc1ccccn1. The zero-order chi connectivity index (χ0) is 10.5. The van der Waals surface area contributed by atoms with Crippen LogP contribution in [0, 0.1) is 0 Å². The van der Waals surface area contributed by atoms with Gasteiger partial charge in [-0.3, -0.25) is 0 Å². The van der Waals surface area contributed by atoms with E-state index in [1.165, 1.54) is 0 Å². The highest BCUT2D eigenvalue weighted by Crippen LogP contribution is 2.36. The average molecular weight is 243 g/mol. The Balaban J connectivity index is 1.82. The van der Waals surface area contributed by atoms with Crippen LogP contribution >= 0.6 is 21.6 Å². The second-order valence-electron chi connectivity index (χ2n) is 3.32. The van der Waals surface area contributed by atoms with E-state index in [1.54, 1.807) is 27.8 Å². The molecule has 2 rings (SSSR count). The van der Waals surface area contributed by atoms with Crippen molar-refractivity contribution in [2.45, 2.75) is 22.8 Å². The van der Waals surface area contributed by atoms with E-state index in [-0.39, 0.29) is 11.4 Å². The summed E-state index contributed by atoms with van der Waals surface area (Å²) < 4.78 is 5.18. The molecule has 2 heterocycles. The quantitative estimate of drug-likeness (QED) is 0.822. The second-order valence-corrected chi connectivity index (χ2v) is 5.78. The van der Waals surface area contributed by atoms with Gasteiger partial charge in [0.2, 0.25) is 0 Å². The van der Waals surface area contributed by atoms with Crippen molar-refractivity contribution in [3.8, 4) is 0 Å². The molecular weight excluding hydrogens is 230 g/mol. The molecule has 1 aliphatic rings. The maximum absolute atomic E-state index is 9.67. The van der Waals surface area contributed by atoms with Gasteiger partial charge in [0, 0.05) is 18.1 Å². The lowest BCUT2D eigenvalue weighted by Gasteiger charge is -2.26. The van der Waals surface area contributed by atoms with E-state index < -0.39 is 0 Å². The summed E-state index contributed by atoms with van der Waals surface area (Å²) in [5.41, 5.74) is 0. The molecule has 1 saturated heterocycles. The summed E-state index contributed by atoms with van der Waals surface area (Å²) in [4.78, 5) is 4.22. The van der Waals surface area contributed by atoms with Gasteiger partial charge < -0.3 is 9.84 Å². The zero-order valence-corrected chi connectivity index (χ0v) is 9.84. The van der Waals surface area contributed by atoms with Crippen molar-refractivity contribution in [1.82, 2.24) is 4.98 Å². The number of nitrogens with zero attached hydrogens (tertiary/aromatic N) is 1. The molecular formula is C10H13NO2S2. The first-order chi connectivity index (χ1) is 7.36. The van der Waals surface area contributed by atoms with Gasteiger partial charge in [-0.2, -0.15) is 0 Å². The van der Waals surface area contributed by atoms with Gasteiger partial charge in [-0.1, -0.05) is 16.9 Å². The van der Waals surface area contributed by atoms with Gasteiger partial charge in [0.1, 0.15) is 5.03 Å². The average Bonchev–Trinajstić information content (AvgIpc) is 2.29. The van der Waals surface area contributed by atoms with Gasteiger partial charge in [0.25, 0.3) is 0 Å². The normalized spacial score (nSPS) is 26.5. The smallest absolute Gasteiger partial charge is 0.106 e. The van der Waals surface area contributed by atoms with Crippen molar-refractivity contribution in [3.63, 3.8) is 0 Å². The maximum Gasteiger partial charge on any atom is 0.106 e. The van der Waals surface area contributed by atoms with Crippen LogP contribution < -0.4 is 0 Å². The highest BCUT2D eigenvalue weighted by Gasteiger charge is 2.24. The first-order valence-corrected chi connectivity index (χ1v) is 7.08. The first kappa shape index (κ1) is 11.3.